The first-order valence-electron chi connectivity index (χ1n) is 7.46. The third-order valence-electron chi connectivity index (χ3n) is 4.41. The number of rotatable bonds is 3. The third kappa shape index (κ3) is 2.40. The van der Waals surface area contributed by atoms with E-state index in [1.807, 2.05) is 0 Å². The number of carboxylic acid groups (broad SMARTS) is 1. The molecular formula is C15H16N2O6S. The molecule has 1 aromatic rings. The van der Waals surface area contributed by atoms with E-state index in [0.29, 0.717) is 12.8 Å². The maximum atomic E-state index is 12.8. The van der Waals surface area contributed by atoms with Gasteiger partial charge in [0.2, 0.25) is 10.0 Å². The molecule has 2 amide bonds. The van der Waals surface area contributed by atoms with Gasteiger partial charge in [-0.25, -0.2) is 8.42 Å². The van der Waals surface area contributed by atoms with E-state index in [9.17, 15) is 27.9 Å². The van der Waals surface area contributed by atoms with Gasteiger partial charge in [0.1, 0.15) is 6.04 Å². The van der Waals surface area contributed by atoms with Crippen LogP contribution in [0.25, 0.3) is 0 Å². The largest absolute Gasteiger partial charge is 0.480 e. The summed E-state index contributed by atoms with van der Waals surface area (Å²) in [6.07, 6.45) is 1.47. The number of sulfonamides is 1. The minimum absolute atomic E-state index is 0.0208. The molecular weight excluding hydrogens is 336 g/mol. The van der Waals surface area contributed by atoms with Crippen LogP contribution in [0.2, 0.25) is 0 Å². The molecule has 2 aliphatic heterocycles. The number of hydrogen-bond donors (Lipinski definition) is 1. The molecule has 0 aliphatic carbocycles. The summed E-state index contributed by atoms with van der Waals surface area (Å²) in [6.45, 7) is 0.114. The molecule has 0 saturated carbocycles. The summed E-state index contributed by atoms with van der Waals surface area (Å²) in [5.74, 6) is -2.24. The molecule has 2 aliphatic rings. The molecule has 3 rings (SSSR count). The van der Waals surface area contributed by atoms with Gasteiger partial charge in [-0.15, -0.1) is 0 Å². The van der Waals surface area contributed by atoms with E-state index < -0.39 is 33.8 Å². The van der Waals surface area contributed by atoms with Gasteiger partial charge < -0.3 is 5.11 Å². The minimum atomic E-state index is -4.07. The van der Waals surface area contributed by atoms with Crippen LogP contribution in [-0.2, 0) is 14.8 Å². The fraction of sp³-hybridized carbons (Fsp3) is 0.400. The Morgan fingerprint density at radius 2 is 1.83 bits per heavy atom. The van der Waals surface area contributed by atoms with E-state index in [1.165, 1.54) is 19.2 Å². The van der Waals surface area contributed by atoms with E-state index in [0.717, 1.165) is 15.3 Å². The second kappa shape index (κ2) is 5.67. The molecule has 0 bridgehead atoms. The highest BCUT2D eigenvalue weighted by Gasteiger charge is 2.39. The molecule has 8 nitrogen and oxygen atoms in total. The lowest BCUT2D eigenvalue weighted by atomic mass is 10.1. The zero-order valence-electron chi connectivity index (χ0n) is 12.9. The Bertz CT molecular complexity index is 848. The van der Waals surface area contributed by atoms with Crippen molar-refractivity contribution in [3.05, 3.63) is 29.3 Å². The van der Waals surface area contributed by atoms with Gasteiger partial charge in [0.05, 0.1) is 16.0 Å². The standard InChI is InChI=1S/C15H16N2O6S/c1-16-13(18)10-6-5-9(8-11(10)14(16)19)24(22,23)17-7-3-2-4-12(17)15(20)21/h5-6,8,12H,2-4,7H2,1H3,(H,20,21). The van der Waals surface area contributed by atoms with Crippen LogP contribution in [0.3, 0.4) is 0 Å². The topological polar surface area (TPSA) is 112 Å². The Kier molecular flexibility index (Phi) is 3.92. The van der Waals surface area contributed by atoms with Crippen LogP contribution in [0.1, 0.15) is 40.0 Å². The Labute approximate surface area is 138 Å². The summed E-state index contributed by atoms with van der Waals surface area (Å²) in [5, 5.41) is 9.27. The molecule has 9 heteroatoms. The number of carbonyl (C=O) groups is 3. The van der Waals surface area contributed by atoms with Crippen molar-refractivity contribution in [1.29, 1.82) is 0 Å². The van der Waals surface area contributed by atoms with Gasteiger partial charge in [0.15, 0.2) is 0 Å². The molecule has 1 unspecified atom stereocenters. The fourth-order valence-corrected chi connectivity index (χ4v) is 4.75. The Balaban J connectivity index is 2.04. The van der Waals surface area contributed by atoms with Crippen molar-refractivity contribution in [2.75, 3.05) is 13.6 Å². The molecule has 1 N–H and O–H groups in total. The highest BCUT2D eigenvalue weighted by molar-refractivity contribution is 7.89. The lowest BCUT2D eigenvalue weighted by Gasteiger charge is -2.31. The summed E-state index contributed by atoms with van der Waals surface area (Å²) < 4.78 is 26.6. The first kappa shape index (κ1) is 16.6. The summed E-state index contributed by atoms with van der Waals surface area (Å²) in [6, 6.07) is 2.58. The number of aliphatic carboxylic acids is 1. The van der Waals surface area contributed by atoms with Crippen LogP contribution in [0.15, 0.2) is 23.1 Å². The molecule has 24 heavy (non-hydrogen) atoms. The van der Waals surface area contributed by atoms with Gasteiger partial charge >= 0.3 is 5.97 Å². The molecule has 0 aromatic heterocycles. The van der Waals surface area contributed by atoms with Crippen molar-refractivity contribution in [3.8, 4) is 0 Å². The number of piperidine rings is 1. The number of nitrogens with zero attached hydrogens (tertiary/aromatic N) is 2. The third-order valence-corrected chi connectivity index (χ3v) is 6.31. The number of imide groups is 1. The molecule has 2 heterocycles. The predicted octanol–water partition coefficient (Wildman–Crippen LogP) is 0.540. The molecule has 0 spiro atoms. The number of carbonyl (C=O) groups excluding carboxylic acids is 2. The highest BCUT2D eigenvalue weighted by atomic mass is 32.2. The van der Waals surface area contributed by atoms with Gasteiger partial charge in [-0.3, -0.25) is 19.3 Å². The maximum absolute atomic E-state index is 12.8. The quantitative estimate of drug-likeness (QED) is 0.795. The predicted molar refractivity (Wildman–Crippen MR) is 82.0 cm³/mol. The first-order valence-corrected chi connectivity index (χ1v) is 8.90. The molecule has 1 saturated heterocycles. The van der Waals surface area contributed by atoms with Crippen molar-refractivity contribution < 1.29 is 27.9 Å². The van der Waals surface area contributed by atoms with E-state index in [-0.39, 0.29) is 29.0 Å². The maximum Gasteiger partial charge on any atom is 0.322 e. The van der Waals surface area contributed by atoms with Gasteiger partial charge in [-0.2, -0.15) is 4.31 Å². The van der Waals surface area contributed by atoms with Crippen molar-refractivity contribution in [2.24, 2.45) is 0 Å². The van der Waals surface area contributed by atoms with Crippen molar-refractivity contribution in [2.45, 2.75) is 30.2 Å². The average Bonchev–Trinajstić information content (AvgIpc) is 2.79. The number of benzene rings is 1. The second-order valence-corrected chi connectivity index (χ2v) is 7.73. The first-order chi connectivity index (χ1) is 11.2. The molecule has 1 aromatic carbocycles. The molecule has 1 atom stereocenters. The van der Waals surface area contributed by atoms with Gasteiger partial charge in [-0.1, -0.05) is 0 Å². The zero-order valence-corrected chi connectivity index (χ0v) is 13.7. The Hall–Kier alpha value is -2.26. The average molecular weight is 352 g/mol. The van der Waals surface area contributed by atoms with Crippen molar-refractivity contribution in [3.63, 3.8) is 0 Å². The molecule has 0 radical (unpaired) electrons. The second-order valence-electron chi connectivity index (χ2n) is 5.84. The van der Waals surface area contributed by atoms with Crippen LogP contribution < -0.4 is 0 Å². The van der Waals surface area contributed by atoms with Gasteiger partial charge in [-0.05, 0) is 37.5 Å². The van der Waals surface area contributed by atoms with Crippen molar-refractivity contribution >= 4 is 27.8 Å². The van der Waals surface area contributed by atoms with E-state index in [1.54, 1.807) is 0 Å². The summed E-state index contributed by atoms with van der Waals surface area (Å²) in [7, 11) is -2.74. The monoisotopic (exact) mass is 352 g/mol. The van der Waals surface area contributed by atoms with Crippen LogP contribution in [0.4, 0.5) is 0 Å². The lowest BCUT2D eigenvalue weighted by molar-refractivity contribution is -0.142. The van der Waals surface area contributed by atoms with Gasteiger partial charge in [0, 0.05) is 13.6 Å². The van der Waals surface area contributed by atoms with E-state index in [2.05, 4.69) is 0 Å². The molecule has 128 valence electrons. The van der Waals surface area contributed by atoms with E-state index >= 15 is 0 Å². The van der Waals surface area contributed by atoms with Crippen LogP contribution >= 0.6 is 0 Å². The zero-order chi connectivity index (χ0) is 17.6. The Morgan fingerprint density at radius 1 is 1.17 bits per heavy atom. The lowest BCUT2D eigenvalue weighted by Crippen LogP contribution is -2.47. The normalized spacial score (nSPS) is 21.9. The summed E-state index contributed by atoms with van der Waals surface area (Å²) >= 11 is 0. The van der Waals surface area contributed by atoms with Crippen LogP contribution in [-0.4, -0.2) is 60.1 Å². The highest BCUT2D eigenvalue weighted by Crippen LogP contribution is 2.29. The number of fused-ring (bicyclic) bond motifs is 1. The van der Waals surface area contributed by atoms with Crippen molar-refractivity contribution in [1.82, 2.24) is 9.21 Å². The number of carboxylic acids is 1. The fourth-order valence-electron chi connectivity index (χ4n) is 3.08. The number of amides is 2. The van der Waals surface area contributed by atoms with E-state index in [4.69, 9.17) is 0 Å². The number of hydrogen-bond acceptors (Lipinski definition) is 5. The smallest absolute Gasteiger partial charge is 0.322 e. The summed E-state index contributed by atoms with van der Waals surface area (Å²) in [4.78, 5) is 36.0. The Morgan fingerprint density at radius 3 is 2.50 bits per heavy atom. The SMILES string of the molecule is CN1C(=O)c2ccc(S(=O)(=O)N3CCCCC3C(=O)O)cc2C1=O. The van der Waals surface area contributed by atoms with Crippen LogP contribution in [0.5, 0.6) is 0 Å². The summed E-state index contributed by atoms with van der Waals surface area (Å²) in [5.41, 5.74) is 0.169. The molecule has 1 fully saturated rings. The van der Waals surface area contributed by atoms with Crippen LogP contribution in [0, 0.1) is 0 Å². The van der Waals surface area contributed by atoms with Gasteiger partial charge in [0.25, 0.3) is 11.8 Å². The minimum Gasteiger partial charge on any atom is -0.480 e.